The average Bonchev–Trinajstić information content (AvgIpc) is 2.80. The molecule has 3 aromatic carbocycles. The SMILES string of the molecule is CC.COc1ccc(C(O)(c2ccc(OC)cc2)c2ccc(OC)cc2)cc1. The van der Waals surface area contributed by atoms with Crippen LogP contribution in [0.15, 0.2) is 72.8 Å². The summed E-state index contributed by atoms with van der Waals surface area (Å²) >= 11 is 0. The van der Waals surface area contributed by atoms with Crippen molar-refractivity contribution in [1.82, 2.24) is 0 Å². The summed E-state index contributed by atoms with van der Waals surface area (Å²) in [5.41, 5.74) is 0.918. The second-order valence-corrected chi connectivity index (χ2v) is 5.90. The molecule has 0 aliphatic carbocycles. The molecule has 3 rings (SSSR count). The van der Waals surface area contributed by atoms with E-state index in [0.29, 0.717) is 0 Å². The molecule has 0 fully saturated rings. The van der Waals surface area contributed by atoms with Crippen LogP contribution in [0.5, 0.6) is 17.2 Å². The van der Waals surface area contributed by atoms with Gasteiger partial charge in [-0.3, -0.25) is 0 Å². The Morgan fingerprint density at radius 2 is 0.714 bits per heavy atom. The van der Waals surface area contributed by atoms with E-state index in [1.54, 1.807) is 21.3 Å². The number of methoxy groups -OCH3 is 3. The predicted molar refractivity (Wildman–Crippen MR) is 112 cm³/mol. The zero-order valence-corrected chi connectivity index (χ0v) is 17.1. The summed E-state index contributed by atoms with van der Waals surface area (Å²) in [5.74, 6) is 2.21. The van der Waals surface area contributed by atoms with E-state index in [-0.39, 0.29) is 0 Å². The molecule has 0 aromatic heterocycles. The predicted octanol–water partition coefficient (Wildman–Crippen LogP) is 5.02. The van der Waals surface area contributed by atoms with Crippen LogP contribution < -0.4 is 14.2 Å². The Labute approximate surface area is 167 Å². The van der Waals surface area contributed by atoms with E-state index in [1.165, 1.54) is 0 Å². The van der Waals surface area contributed by atoms with E-state index in [0.717, 1.165) is 33.9 Å². The molecule has 0 heterocycles. The van der Waals surface area contributed by atoms with Crippen molar-refractivity contribution in [2.75, 3.05) is 21.3 Å². The Morgan fingerprint density at radius 3 is 0.893 bits per heavy atom. The molecule has 0 radical (unpaired) electrons. The lowest BCUT2D eigenvalue weighted by atomic mass is 9.80. The summed E-state index contributed by atoms with van der Waals surface area (Å²) in [4.78, 5) is 0. The number of hydrogen-bond acceptors (Lipinski definition) is 4. The fraction of sp³-hybridized carbons (Fsp3) is 0.250. The molecular weight excluding hydrogens is 352 g/mol. The fourth-order valence-electron chi connectivity index (χ4n) is 3.00. The van der Waals surface area contributed by atoms with Crippen molar-refractivity contribution in [3.8, 4) is 17.2 Å². The zero-order valence-electron chi connectivity index (χ0n) is 17.1. The van der Waals surface area contributed by atoms with Crippen molar-refractivity contribution in [2.24, 2.45) is 0 Å². The third-order valence-electron chi connectivity index (χ3n) is 4.52. The lowest BCUT2D eigenvalue weighted by Gasteiger charge is -2.30. The first-order valence-electron chi connectivity index (χ1n) is 9.27. The smallest absolute Gasteiger partial charge is 0.140 e. The summed E-state index contributed by atoms with van der Waals surface area (Å²) in [7, 11) is 4.86. The van der Waals surface area contributed by atoms with Gasteiger partial charge < -0.3 is 19.3 Å². The van der Waals surface area contributed by atoms with Gasteiger partial charge in [0.2, 0.25) is 0 Å². The maximum atomic E-state index is 11.8. The molecule has 0 saturated heterocycles. The molecule has 28 heavy (non-hydrogen) atoms. The van der Waals surface area contributed by atoms with Gasteiger partial charge in [-0.2, -0.15) is 0 Å². The number of aliphatic hydroxyl groups is 1. The minimum Gasteiger partial charge on any atom is -0.497 e. The molecule has 3 aromatic rings. The van der Waals surface area contributed by atoms with Crippen LogP contribution in [0.1, 0.15) is 30.5 Å². The summed E-state index contributed by atoms with van der Waals surface area (Å²) in [5, 5.41) is 11.8. The van der Waals surface area contributed by atoms with Crippen molar-refractivity contribution < 1.29 is 19.3 Å². The van der Waals surface area contributed by atoms with Crippen LogP contribution in [0.3, 0.4) is 0 Å². The van der Waals surface area contributed by atoms with Crippen molar-refractivity contribution >= 4 is 0 Å². The largest absolute Gasteiger partial charge is 0.497 e. The van der Waals surface area contributed by atoms with Gasteiger partial charge in [0.1, 0.15) is 22.8 Å². The second-order valence-electron chi connectivity index (χ2n) is 5.90. The first-order valence-corrected chi connectivity index (χ1v) is 9.27. The summed E-state index contributed by atoms with van der Waals surface area (Å²) in [6.07, 6.45) is 0. The number of rotatable bonds is 6. The van der Waals surface area contributed by atoms with Crippen LogP contribution in [-0.2, 0) is 5.60 Å². The van der Waals surface area contributed by atoms with Crippen molar-refractivity contribution in [3.05, 3.63) is 89.5 Å². The van der Waals surface area contributed by atoms with Crippen LogP contribution in [0.2, 0.25) is 0 Å². The molecule has 0 saturated carbocycles. The van der Waals surface area contributed by atoms with E-state index < -0.39 is 5.60 Å². The van der Waals surface area contributed by atoms with E-state index in [1.807, 2.05) is 86.6 Å². The third-order valence-corrected chi connectivity index (χ3v) is 4.52. The second kappa shape index (κ2) is 9.81. The highest BCUT2D eigenvalue weighted by Gasteiger charge is 2.34. The summed E-state index contributed by atoms with van der Waals surface area (Å²) in [6, 6.07) is 22.3. The molecule has 0 aliphatic rings. The van der Waals surface area contributed by atoms with Gasteiger partial charge in [0.25, 0.3) is 0 Å². The molecular formula is C24H28O4. The van der Waals surface area contributed by atoms with Gasteiger partial charge in [-0.25, -0.2) is 0 Å². The third kappa shape index (κ3) is 4.29. The van der Waals surface area contributed by atoms with Crippen molar-refractivity contribution in [1.29, 1.82) is 0 Å². The first-order chi connectivity index (χ1) is 13.6. The van der Waals surface area contributed by atoms with Gasteiger partial charge in [0.15, 0.2) is 0 Å². The lowest BCUT2D eigenvalue weighted by molar-refractivity contribution is 0.125. The molecule has 1 N–H and O–H groups in total. The minimum absolute atomic E-state index is 0.737. The van der Waals surface area contributed by atoms with E-state index in [9.17, 15) is 5.11 Å². The van der Waals surface area contributed by atoms with Crippen LogP contribution in [-0.4, -0.2) is 26.4 Å². The molecule has 4 heteroatoms. The Kier molecular flexibility index (Phi) is 7.47. The number of ether oxygens (including phenoxy) is 3. The van der Waals surface area contributed by atoms with Crippen LogP contribution >= 0.6 is 0 Å². The van der Waals surface area contributed by atoms with Gasteiger partial charge in [-0.05, 0) is 53.1 Å². The van der Waals surface area contributed by atoms with E-state index in [4.69, 9.17) is 14.2 Å². The van der Waals surface area contributed by atoms with Gasteiger partial charge in [-0.15, -0.1) is 0 Å². The highest BCUT2D eigenvalue weighted by Crippen LogP contribution is 2.38. The summed E-state index contributed by atoms with van der Waals surface area (Å²) in [6.45, 7) is 4.00. The molecule has 0 atom stereocenters. The van der Waals surface area contributed by atoms with Crippen LogP contribution in [0.4, 0.5) is 0 Å². The normalized spacial score (nSPS) is 10.5. The standard InChI is InChI=1S/C22H22O4.C2H6/c1-24-19-10-4-16(5-11-19)22(23,17-6-12-20(25-2)13-7-17)18-8-14-21(26-3)15-9-18;1-2/h4-15,23H,1-3H3;1-2H3. The maximum absolute atomic E-state index is 11.8. The zero-order chi connectivity index (χ0) is 20.6. The fourth-order valence-corrected chi connectivity index (χ4v) is 3.00. The average molecular weight is 380 g/mol. The van der Waals surface area contributed by atoms with Gasteiger partial charge in [-0.1, -0.05) is 50.2 Å². The molecule has 0 amide bonds. The Balaban J connectivity index is 0.00000136. The molecule has 0 aliphatic heterocycles. The maximum Gasteiger partial charge on any atom is 0.140 e. The Hall–Kier alpha value is -2.98. The van der Waals surface area contributed by atoms with Crippen molar-refractivity contribution in [2.45, 2.75) is 19.4 Å². The first kappa shape index (κ1) is 21.3. The van der Waals surface area contributed by atoms with Gasteiger partial charge >= 0.3 is 0 Å². The van der Waals surface area contributed by atoms with Crippen LogP contribution in [0, 0.1) is 0 Å². The Morgan fingerprint density at radius 1 is 0.500 bits per heavy atom. The van der Waals surface area contributed by atoms with E-state index >= 15 is 0 Å². The molecule has 148 valence electrons. The quantitative estimate of drug-likeness (QED) is 0.610. The molecule has 4 nitrogen and oxygen atoms in total. The monoisotopic (exact) mass is 380 g/mol. The van der Waals surface area contributed by atoms with Crippen molar-refractivity contribution in [3.63, 3.8) is 0 Å². The Bertz CT molecular complexity index is 722. The van der Waals surface area contributed by atoms with Gasteiger partial charge in [0.05, 0.1) is 21.3 Å². The highest BCUT2D eigenvalue weighted by molar-refractivity contribution is 5.50. The van der Waals surface area contributed by atoms with Gasteiger partial charge in [0, 0.05) is 0 Å². The van der Waals surface area contributed by atoms with Crippen LogP contribution in [0.25, 0.3) is 0 Å². The minimum atomic E-state index is -1.31. The van der Waals surface area contributed by atoms with E-state index in [2.05, 4.69) is 0 Å². The number of benzene rings is 3. The number of hydrogen-bond donors (Lipinski definition) is 1. The highest BCUT2D eigenvalue weighted by atomic mass is 16.5. The lowest BCUT2D eigenvalue weighted by Crippen LogP contribution is -2.28. The molecule has 0 spiro atoms. The molecule has 0 unspecified atom stereocenters. The molecule has 0 bridgehead atoms. The topological polar surface area (TPSA) is 47.9 Å². The summed E-state index contributed by atoms with van der Waals surface area (Å²) < 4.78 is 15.7.